The normalized spacial score (nSPS) is 39.3. The lowest BCUT2D eigenvalue weighted by atomic mass is 9.60. The Morgan fingerprint density at radius 1 is 1.13 bits per heavy atom. The van der Waals surface area contributed by atoms with Gasteiger partial charge in [0.05, 0.1) is 6.10 Å². The van der Waals surface area contributed by atoms with Crippen molar-refractivity contribution in [3.63, 3.8) is 0 Å². The first-order valence-electron chi connectivity index (χ1n) is 12.3. The fraction of sp³-hybridized carbons (Fsp3) is 0.778. The second kappa shape index (κ2) is 9.47. The van der Waals surface area contributed by atoms with Gasteiger partial charge in [-0.2, -0.15) is 8.78 Å². The maximum Gasteiger partial charge on any atom is 0.301 e. The summed E-state index contributed by atoms with van der Waals surface area (Å²) in [5.41, 5.74) is 1.53. The maximum absolute atomic E-state index is 14.6. The zero-order chi connectivity index (χ0) is 23.0. The third kappa shape index (κ3) is 4.85. The molecular weight excluding hydrogens is 394 g/mol. The summed E-state index contributed by atoms with van der Waals surface area (Å²) >= 11 is 0. The largest absolute Gasteiger partial charge is 0.390 e. The predicted molar refractivity (Wildman–Crippen MR) is 123 cm³/mol. The summed E-state index contributed by atoms with van der Waals surface area (Å²) in [6, 6.07) is 0. The van der Waals surface area contributed by atoms with E-state index >= 15 is 0 Å². The summed E-state index contributed by atoms with van der Waals surface area (Å²) in [5.74, 6) is -0.859. The molecule has 3 rings (SSSR count). The van der Waals surface area contributed by atoms with E-state index in [9.17, 15) is 19.0 Å². The highest BCUT2D eigenvalue weighted by molar-refractivity contribution is 5.42. The van der Waals surface area contributed by atoms with Gasteiger partial charge in [0, 0.05) is 12.0 Å². The molecular formula is C27H42F2O2. The van der Waals surface area contributed by atoms with Crippen molar-refractivity contribution in [3.05, 3.63) is 35.5 Å². The molecule has 0 aliphatic heterocycles. The SMILES string of the molecule is C=C1C[C@H](O)[C@H](O)C(F)(F)/C1=C/C=C1CCC[C@@]2(C)C1CC[C@@H]2[C@H](C)CCCC(C)C. The molecule has 0 spiro atoms. The first kappa shape index (κ1) is 24.6. The molecule has 3 aliphatic carbocycles. The Balaban J connectivity index is 1.78. The Morgan fingerprint density at radius 3 is 2.52 bits per heavy atom. The number of aliphatic hydroxyl groups is 2. The summed E-state index contributed by atoms with van der Waals surface area (Å²) in [4.78, 5) is 0. The zero-order valence-corrected chi connectivity index (χ0v) is 19.8. The number of aliphatic hydroxyl groups excluding tert-OH is 2. The summed E-state index contributed by atoms with van der Waals surface area (Å²) < 4.78 is 29.3. The van der Waals surface area contributed by atoms with E-state index in [1.54, 1.807) is 0 Å². The van der Waals surface area contributed by atoms with Gasteiger partial charge in [-0.05, 0) is 66.8 Å². The van der Waals surface area contributed by atoms with Gasteiger partial charge in [-0.25, -0.2) is 0 Å². The lowest BCUT2D eigenvalue weighted by Crippen LogP contribution is -2.48. The molecule has 1 unspecified atom stereocenters. The van der Waals surface area contributed by atoms with Crippen LogP contribution in [0.3, 0.4) is 0 Å². The second-order valence-corrected chi connectivity index (χ2v) is 11.2. The Labute approximate surface area is 187 Å². The molecule has 4 heteroatoms. The minimum atomic E-state index is -3.47. The van der Waals surface area contributed by atoms with Gasteiger partial charge in [-0.15, -0.1) is 0 Å². The van der Waals surface area contributed by atoms with Crippen LogP contribution < -0.4 is 0 Å². The predicted octanol–water partition coefficient (Wildman–Crippen LogP) is 6.84. The third-order valence-electron chi connectivity index (χ3n) is 8.56. The lowest BCUT2D eigenvalue weighted by Gasteiger charge is -2.44. The van der Waals surface area contributed by atoms with Crippen molar-refractivity contribution in [1.29, 1.82) is 0 Å². The fourth-order valence-corrected chi connectivity index (χ4v) is 6.79. The van der Waals surface area contributed by atoms with E-state index in [2.05, 4.69) is 34.3 Å². The van der Waals surface area contributed by atoms with Gasteiger partial charge in [-0.3, -0.25) is 0 Å². The third-order valence-corrected chi connectivity index (χ3v) is 8.56. The van der Waals surface area contributed by atoms with Crippen molar-refractivity contribution in [2.45, 2.75) is 104 Å². The smallest absolute Gasteiger partial charge is 0.301 e. The molecule has 0 saturated heterocycles. The molecule has 31 heavy (non-hydrogen) atoms. The van der Waals surface area contributed by atoms with Crippen molar-refractivity contribution in [1.82, 2.24) is 0 Å². The number of hydrogen-bond donors (Lipinski definition) is 2. The summed E-state index contributed by atoms with van der Waals surface area (Å²) in [7, 11) is 0. The first-order chi connectivity index (χ1) is 14.5. The van der Waals surface area contributed by atoms with Crippen molar-refractivity contribution in [3.8, 4) is 0 Å². The van der Waals surface area contributed by atoms with Crippen LogP contribution in [0.25, 0.3) is 0 Å². The standard InChI is InChI=1S/C27H42F2O2/c1-17(2)8-6-9-18(3)21-13-14-23-20(10-7-15-26(21,23)5)11-12-22-19(4)16-24(30)25(31)27(22,28)29/h11-12,17-18,21,23-25,30-31H,4,6-10,13-16H2,1-3,5H3/b20-11?,22-12+/t18-,21-,23?,24+,25+,26-/m1/s1. The number of hydrogen-bond acceptors (Lipinski definition) is 2. The fourth-order valence-electron chi connectivity index (χ4n) is 6.79. The van der Waals surface area contributed by atoms with Crippen LogP contribution in [0.1, 0.15) is 85.5 Å². The lowest BCUT2D eigenvalue weighted by molar-refractivity contribution is -0.136. The molecule has 176 valence electrons. The summed E-state index contributed by atoms with van der Waals surface area (Å²) in [6.07, 6.45) is 9.35. The van der Waals surface area contributed by atoms with E-state index < -0.39 is 18.1 Å². The van der Waals surface area contributed by atoms with Crippen LogP contribution in [0, 0.1) is 29.1 Å². The number of rotatable bonds is 6. The Morgan fingerprint density at radius 2 is 1.84 bits per heavy atom. The van der Waals surface area contributed by atoms with Crippen molar-refractivity contribution in [2.75, 3.05) is 0 Å². The monoisotopic (exact) mass is 436 g/mol. The van der Waals surface area contributed by atoms with Crippen LogP contribution in [-0.4, -0.2) is 28.3 Å². The molecule has 3 aliphatic rings. The van der Waals surface area contributed by atoms with E-state index in [-0.39, 0.29) is 23.0 Å². The van der Waals surface area contributed by atoms with Crippen LogP contribution in [0.15, 0.2) is 35.5 Å². The minimum absolute atomic E-state index is 0.0110. The van der Waals surface area contributed by atoms with Crippen molar-refractivity contribution >= 4 is 0 Å². The number of halogens is 2. The molecule has 0 aromatic carbocycles. The zero-order valence-electron chi connectivity index (χ0n) is 19.8. The van der Waals surface area contributed by atoms with Gasteiger partial charge in [-0.1, -0.05) is 71.3 Å². The van der Waals surface area contributed by atoms with Crippen molar-refractivity contribution in [2.24, 2.45) is 29.1 Å². The molecule has 3 saturated carbocycles. The number of allylic oxidation sites excluding steroid dienone is 3. The minimum Gasteiger partial charge on any atom is -0.390 e. The van der Waals surface area contributed by atoms with Gasteiger partial charge in [0.1, 0.15) is 6.10 Å². The van der Waals surface area contributed by atoms with Gasteiger partial charge < -0.3 is 10.2 Å². The Kier molecular flexibility index (Phi) is 7.53. The summed E-state index contributed by atoms with van der Waals surface area (Å²) in [6.45, 7) is 13.2. The van der Waals surface area contributed by atoms with E-state index in [1.807, 2.05) is 6.08 Å². The average molecular weight is 437 g/mol. The van der Waals surface area contributed by atoms with Crippen LogP contribution in [-0.2, 0) is 0 Å². The molecule has 2 N–H and O–H groups in total. The molecule has 2 nitrogen and oxygen atoms in total. The van der Waals surface area contributed by atoms with Gasteiger partial charge in [0.25, 0.3) is 0 Å². The highest BCUT2D eigenvalue weighted by atomic mass is 19.3. The Hall–Kier alpha value is -1.00. The highest BCUT2D eigenvalue weighted by Crippen LogP contribution is 2.60. The number of alkyl halides is 2. The molecule has 0 aromatic heterocycles. The van der Waals surface area contributed by atoms with Crippen LogP contribution in [0.4, 0.5) is 8.78 Å². The highest BCUT2D eigenvalue weighted by Gasteiger charge is 2.52. The Bertz CT molecular complexity index is 723. The first-order valence-corrected chi connectivity index (χ1v) is 12.3. The summed E-state index contributed by atoms with van der Waals surface area (Å²) in [5, 5.41) is 19.5. The molecule has 0 heterocycles. The maximum atomic E-state index is 14.6. The topological polar surface area (TPSA) is 40.5 Å². The average Bonchev–Trinajstić information content (AvgIpc) is 3.03. The van der Waals surface area contributed by atoms with Crippen LogP contribution in [0.5, 0.6) is 0 Å². The molecule has 3 fully saturated rings. The van der Waals surface area contributed by atoms with Crippen LogP contribution >= 0.6 is 0 Å². The van der Waals surface area contributed by atoms with Crippen LogP contribution in [0.2, 0.25) is 0 Å². The molecule has 0 radical (unpaired) electrons. The number of fused-ring (bicyclic) bond motifs is 1. The van der Waals surface area contributed by atoms with Crippen molar-refractivity contribution < 1.29 is 19.0 Å². The van der Waals surface area contributed by atoms with E-state index in [4.69, 9.17) is 0 Å². The quantitative estimate of drug-likeness (QED) is 0.479. The van der Waals surface area contributed by atoms with E-state index in [1.165, 1.54) is 43.8 Å². The molecule has 0 amide bonds. The van der Waals surface area contributed by atoms with E-state index in [0.717, 1.165) is 25.2 Å². The van der Waals surface area contributed by atoms with Gasteiger partial charge >= 0.3 is 5.92 Å². The van der Waals surface area contributed by atoms with Gasteiger partial charge in [0.2, 0.25) is 0 Å². The molecule has 0 bridgehead atoms. The molecule has 6 atom stereocenters. The molecule has 0 aromatic rings. The van der Waals surface area contributed by atoms with E-state index in [0.29, 0.717) is 17.8 Å². The second-order valence-electron chi connectivity index (χ2n) is 11.2. The van der Waals surface area contributed by atoms with Gasteiger partial charge in [0.15, 0.2) is 0 Å².